The molecule has 0 radical (unpaired) electrons. The van der Waals surface area contributed by atoms with Gasteiger partial charge in [-0.25, -0.2) is 13.6 Å². The molecule has 1 aromatic carbocycles. The second-order valence-electron chi connectivity index (χ2n) is 3.65. The van der Waals surface area contributed by atoms with Gasteiger partial charge in [-0.3, -0.25) is 0 Å². The van der Waals surface area contributed by atoms with Crippen LogP contribution >= 0.6 is 0 Å². The molecule has 1 aromatic rings. The number of ether oxygens (including phenoxy) is 2. The van der Waals surface area contributed by atoms with Crippen LogP contribution in [-0.4, -0.2) is 31.2 Å². The topological polar surface area (TPSA) is 55.8 Å². The summed E-state index contributed by atoms with van der Waals surface area (Å²) in [5, 5.41) is 8.57. The van der Waals surface area contributed by atoms with Crippen molar-refractivity contribution >= 4 is 12.0 Å². The van der Waals surface area contributed by atoms with Crippen molar-refractivity contribution in [3.05, 3.63) is 35.4 Å². The van der Waals surface area contributed by atoms with E-state index in [1.165, 1.54) is 13.2 Å². The second-order valence-corrected chi connectivity index (χ2v) is 3.65. The summed E-state index contributed by atoms with van der Waals surface area (Å²) >= 11 is 0. The summed E-state index contributed by atoms with van der Waals surface area (Å²) in [6.07, 6.45) is -0.163. The first-order valence-corrected chi connectivity index (χ1v) is 5.46. The molecule has 0 aliphatic carbocycles. The fourth-order valence-corrected chi connectivity index (χ4v) is 1.43. The molecule has 104 valence electrons. The molecule has 1 N–H and O–H groups in total. The van der Waals surface area contributed by atoms with Crippen LogP contribution < -0.4 is 4.74 Å². The molecule has 6 heteroatoms. The molecule has 0 aromatic heterocycles. The van der Waals surface area contributed by atoms with Gasteiger partial charge in [-0.15, -0.1) is 0 Å². The summed E-state index contributed by atoms with van der Waals surface area (Å²) in [6, 6.07) is 4.93. The summed E-state index contributed by atoms with van der Waals surface area (Å²) in [7, 11) is 1.46. The molecule has 0 aliphatic rings. The highest BCUT2D eigenvalue weighted by molar-refractivity contribution is 5.85. The van der Waals surface area contributed by atoms with E-state index in [1.54, 1.807) is 18.2 Å². The third-order valence-electron chi connectivity index (χ3n) is 2.21. The van der Waals surface area contributed by atoms with E-state index in [1.807, 2.05) is 0 Å². The molecule has 0 spiro atoms. The monoisotopic (exact) mass is 272 g/mol. The maximum absolute atomic E-state index is 11.9. The van der Waals surface area contributed by atoms with Crippen LogP contribution in [0.25, 0.3) is 6.08 Å². The molecule has 1 rings (SSSR count). The summed E-state index contributed by atoms with van der Waals surface area (Å²) in [4.78, 5) is 10.5. The number of carboxylic acids is 1. The minimum Gasteiger partial charge on any atom is -0.496 e. The van der Waals surface area contributed by atoms with Gasteiger partial charge in [0.05, 0.1) is 13.7 Å². The van der Waals surface area contributed by atoms with Crippen molar-refractivity contribution in [1.82, 2.24) is 0 Å². The van der Waals surface area contributed by atoms with E-state index >= 15 is 0 Å². The Morgan fingerprint density at radius 1 is 1.47 bits per heavy atom. The highest BCUT2D eigenvalue weighted by Crippen LogP contribution is 2.21. The fourth-order valence-electron chi connectivity index (χ4n) is 1.43. The maximum Gasteiger partial charge on any atom is 0.328 e. The minimum absolute atomic E-state index is 0.0300. The van der Waals surface area contributed by atoms with Crippen LogP contribution in [0.4, 0.5) is 8.78 Å². The molecule has 0 atom stereocenters. The van der Waals surface area contributed by atoms with Crippen molar-refractivity contribution in [2.24, 2.45) is 0 Å². The first kappa shape index (κ1) is 15.1. The standard InChI is InChI=1S/C13H14F2O4/c1-18-11-4-2-9(7-19-8-12(14)15)6-10(11)3-5-13(16)17/h2-6,12H,7-8H2,1H3,(H,16,17)/b5-3+. The summed E-state index contributed by atoms with van der Waals surface area (Å²) < 4.78 is 33.7. The predicted molar refractivity (Wildman–Crippen MR) is 65.3 cm³/mol. The molecule has 0 saturated heterocycles. The van der Waals surface area contributed by atoms with E-state index in [2.05, 4.69) is 0 Å². The number of carbonyl (C=O) groups is 1. The van der Waals surface area contributed by atoms with Gasteiger partial charge in [-0.05, 0) is 23.8 Å². The molecule has 0 saturated carbocycles. The van der Waals surface area contributed by atoms with Crippen molar-refractivity contribution in [3.8, 4) is 5.75 Å². The Bertz CT molecular complexity index is 458. The van der Waals surface area contributed by atoms with Crippen molar-refractivity contribution in [2.75, 3.05) is 13.7 Å². The van der Waals surface area contributed by atoms with Gasteiger partial charge in [-0.2, -0.15) is 0 Å². The first-order chi connectivity index (χ1) is 9.02. The Kier molecular flexibility index (Phi) is 5.95. The maximum atomic E-state index is 11.9. The van der Waals surface area contributed by atoms with E-state index in [0.717, 1.165) is 6.08 Å². The summed E-state index contributed by atoms with van der Waals surface area (Å²) in [6.45, 7) is -0.603. The third-order valence-corrected chi connectivity index (χ3v) is 2.21. The van der Waals surface area contributed by atoms with Crippen LogP contribution in [0.1, 0.15) is 11.1 Å². The number of hydrogen-bond donors (Lipinski definition) is 1. The molecule has 0 aliphatic heterocycles. The Morgan fingerprint density at radius 3 is 2.79 bits per heavy atom. The van der Waals surface area contributed by atoms with E-state index in [0.29, 0.717) is 16.9 Å². The Balaban J connectivity index is 2.79. The third kappa shape index (κ3) is 5.48. The SMILES string of the molecule is COc1ccc(COCC(F)F)cc1/C=C/C(=O)O. The number of rotatable bonds is 7. The van der Waals surface area contributed by atoms with Gasteiger partial charge < -0.3 is 14.6 Å². The number of hydrogen-bond acceptors (Lipinski definition) is 3. The molecule has 0 bridgehead atoms. The van der Waals surface area contributed by atoms with Crippen molar-refractivity contribution in [3.63, 3.8) is 0 Å². The van der Waals surface area contributed by atoms with Gasteiger partial charge in [0.25, 0.3) is 6.43 Å². The van der Waals surface area contributed by atoms with Crippen LogP contribution in [0, 0.1) is 0 Å². The van der Waals surface area contributed by atoms with Crippen molar-refractivity contribution < 1.29 is 28.2 Å². The fraction of sp³-hybridized carbons (Fsp3) is 0.308. The lowest BCUT2D eigenvalue weighted by atomic mass is 10.1. The lowest BCUT2D eigenvalue weighted by molar-refractivity contribution is -0.131. The normalized spacial score (nSPS) is 11.2. The number of alkyl halides is 2. The highest BCUT2D eigenvalue weighted by atomic mass is 19.3. The molecule has 19 heavy (non-hydrogen) atoms. The van der Waals surface area contributed by atoms with Crippen LogP contribution in [-0.2, 0) is 16.1 Å². The molecule has 0 unspecified atom stereocenters. The Labute approximate surface area is 109 Å². The molecule has 4 nitrogen and oxygen atoms in total. The van der Waals surface area contributed by atoms with Gasteiger partial charge in [0.1, 0.15) is 12.4 Å². The van der Waals surface area contributed by atoms with Crippen molar-refractivity contribution in [2.45, 2.75) is 13.0 Å². The largest absolute Gasteiger partial charge is 0.496 e. The van der Waals surface area contributed by atoms with Crippen LogP contribution in [0.5, 0.6) is 5.75 Å². The minimum atomic E-state index is -2.51. The lowest BCUT2D eigenvalue weighted by Crippen LogP contribution is -2.04. The Hall–Kier alpha value is -1.95. The second kappa shape index (κ2) is 7.48. The van der Waals surface area contributed by atoms with Gasteiger partial charge >= 0.3 is 5.97 Å². The quantitative estimate of drug-likeness (QED) is 0.775. The molecular weight excluding hydrogens is 258 g/mol. The summed E-state index contributed by atoms with van der Waals surface area (Å²) in [5.74, 6) is -0.587. The van der Waals surface area contributed by atoms with Gasteiger partial charge in [0.2, 0.25) is 0 Å². The van der Waals surface area contributed by atoms with E-state index in [-0.39, 0.29) is 6.61 Å². The molecular formula is C13H14F2O4. The molecule has 0 fully saturated rings. The molecule has 0 heterocycles. The van der Waals surface area contributed by atoms with Crippen LogP contribution in [0.15, 0.2) is 24.3 Å². The lowest BCUT2D eigenvalue weighted by Gasteiger charge is -2.08. The predicted octanol–water partition coefficient (Wildman–Crippen LogP) is 2.57. The average molecular weight is 272 g/mol. The van der Waals surface area contributed by atoms with Crippen molar-refractivity contribution in [1.29, 1.82) is 0 Å². The van der Waals surface area contributed by atoms with E-state index in [9.17, 15) is 13.6 Å². The number of aliphatic carboxylic acids is 1. The number of halogens is 2. The van der Waals surface area contributed by atoms with E-state index in [4.69, 9.17) is 14.6 Å². The smallest absolute Gasteiger partial charge is 0.328 e. The Morgan fingerprint density at radius 2 is 2.21 bits per heavy atom. The average Bonchev–Trinajstić information content (AvgIpc) is 2.36. The zero-order valence-electron chi connectivity index (χ0n) is 10.3. The number of benzene rings is 1. The highest BCUT2D eigenvalue weighted by Gasteiger charge is 2.05. The van der Waals surface area contributed by atoms with Gasteiger partial charge in [0, 0.05) is 11.6 Å². The van der Waals surface area contributed by atoms with Gasteiger partial charge in [-0.1, -0.05) is 6.07 Å². The summed E-state index contributed by atoms with van der Waals surface area (Å²) in [5.41, 5.74) is 1.20. The molecule has 0 amide bonds. The number of methoxy groups -OCH3 is 1. The zero-order chi connectivity index (χ0) is 14.3. The zero-order valence-corrected chi connectivity index (χ0v) is 10.3. The van der Waals surface area contributed by atoms with Gasteiger partial charge in [0.15, 0.2) is 0 Å². The van der Waals surface area contributed by atoms with E-state index < -0.39 is 19.0 Å². The first-order valence-electron chi connectivity index (χ1n) is 5.46. The van der Waals surface area contributed by atoms with Crippen LogP contribution in [0.3, 0.4) is 0 Å². The number of carboxylic acid groups (broad SMARTS) is 1. The van der Waals surface area contributed by atoms with Crippen LogP contribution in [0.2, 0.25) is 0 Å².